The van der Waals surface area contributed by atoms with Crippen LogP contribution in [0.4, 0.5) is 0 Å². The normalized spacial score (nSPS) is 22.2. The van der Waals surface area contributed by atoms with Crippen molar-refractivity contribution in [2.45, 2.75) is 52.0 Å². The van der Waals surface area contributed by atoms with Gasteiger partial charge in [0.1, 0.15) is 6.04 Å². The van der Waals surface area contributed by atoms with Gasteiger partial charge < -0.3 is 10.4 Å². The van der Waals surface area contributed by atoms with Crippen molar-refractivity contribution in [2.75, 3.05) is 0 Å². The molecule has 1 unspecified atom stereocenters. The third-order valence-corrected chi connectivity index (χ3v) is 5.31. The lowest BCUT2D eigenvalue weighted by Crippen LogP contribution is -2.45. The van der Waals surface area contributed by atoms with Crippen molar-refractivity contribution in [2.24, 2.45) is 17.8 Å². The van der Waals surface area contributed by atoms with E-state index >= 15 is 0 Å². The summed E-state index contributed by atoms with van der Waals surface area (Å²) in [6.45, 7) is 4.44. The number of carbonyl (C=O) groups excluding carboxylic acids is 1. The number of rotatable bonds is 6. The lowest BCUT2D eigenvalue weighted by atomic mass is 9.76. The van der Waals surface area contributed by atoms with E-state index in [4.69, 9.17) is 11.6 Å². The van der Waals surface area contributed by atoms with Crippen molar-refractivity contribution in [3.8, 4) is 0 Å². The zero-order chi connectivity index (χ0) is 17.7. The Morgan fingerprint density at radius 1 is 1.17 bits per heavy atom. The molecule has 1 saturated carbocycles. The highest BCUT2D eigenvalue weighted by Crippen LogP contribution is 2.33. The molecule has 1 amide bonds. The van der Waals surface area contributed by atoms with Gasteiger partial charge in [-0.15, -0.1) is 0 Å². The molecule has 4 nitrogen and oxygen atoms in total. The Labute approximate surface area is 148 Å². The first-order chi connectivity index (χ1) is 11.4. The van der Waals surface area contributed by atoms with Gasteiger partial charge >= 0.3 is 5.97 Å². The van der Waals surface area contributed by atoms with Gasteiger partial charge in [0.2, 0.25) is 5.91 Å². The van der Waals surface area contributed by atoms with Crippen LogP contribution in [0.2, 0.25) is 5.02 Å². The molecule has 0 saturated heterocycles. The second kappa shape index (κ2) is 8.52. The van der Waals surface area contributed by atoms with Crippen molar-refractivity contribution in [1.29, 1.82) is 0 Å². The van der Waals surface area contributed by atoms with Gasteiger partial charge in [0.05, 0.1) is 0 Å². The van der Waals surface area contributed by atoms with Crippen molar-refractivity contribution in [3.63, 3.8) is 0 Å². The van der Waals surface area contributed by atoms with Gasteiger partial charge in [-0.25, -0.2) is 4.79 Å². The second-order valence-electron chi connectivity index (χ2n) is 7.09. The topological polar surface area (TPSA) is 66.4 Å². The molecule has 1 aliphatic carbocycles. The molecule has 5 heteroatoms. The first kappa shape index (κ1) is 18.8. The van der Waals surface area contributed by atoms with E-state index in [1.807, 2.05) is 0 Å². The Morgan fingerprint density at radius 2 is 1.75 bits per heavy atom. The van der Waals surface area contributed by atoms with Gasteiger partial charge in [-0.05, 0) is 55.2 Å². The summed E-state index contributed by atoms with van der Waals surface area (Å²) in [5.41, 5.74) is 0.843. The number of carbonyl (C=O) groups is 2. The van der Waals surface area contributed by atoms with Gasteiger partial charge in [-0.1, -0.05) is 37.6 Å². The van der Waals surface area contributed by atoms with E-state index in [9.17, 15) is 14.7 Å². The molecular weight excluding hydrogens is 326 g/mol. The zero-order valence-electron chi connectivity index (χ0n) is 14.3. The maximum Gasteiger partial charge on any atom is 0.326 e. The predicted octanol–water partition coefficient (Wildman–Crippen LogP) is 3.91. The monoisotopic (exact) mass is 351 g/mol. The van der Waals surface area contributed by atoms with Gasteiger partial charge in [0.25, 0.3) is 0 Å². The molecule has 0 radical (unpaired) electrons. The summed E-state index contributed by atoms with van der Waals surface area (Å²) in [7, 11) is 0. The van der Waals surface area contributed by atoms with E-state index in [1.165, 1.54) is 0 Å². The Hall–Kier alpha value is -1.55. The van der Waals surface area contributed by atoms with Crippen LogP contribution in [0.25, 0.3) is 0 Å². The molecule has 0 spiro atoms. The van der Waals surface area contributed by atoms with Crippen LogP contribution in [-0.4, -0.2) is 23.0 Å². The van der Waals surface area contributed by atoms with Gasteiger partial charge in [0.15, 0.2) is 0 Å². The van der Waals surface area contributed by atoms with E-state index in [1.54, 1.807) is 24.3 Å². The maximum absolute atomic E-state index is 12.4. The lowest BCUT2D eigenvalue weighted by Gasteiger charge is -2.30. The molecule has 2 N–H and O–H groups in total. The molecular formula is C19H26ClNO3. The highest BCUT2D eigenvalue weighted by atomic mass is 35.5. The van der Waals surface area contributed by atoms with Gasteiger partial charge in [-0.3, -0.25) is 4.79 Å². The number of hydrogen-bond donors (Lipinski definition) is 2. The first-order valence-electron chi connectivity index (χ1n) is 8.64. The lowest BCUT2D eigenvalue weighted by molar-refractivity contribution is -0.142. The average Bonchev–Trinajstić information content (AvgIpc) is 2.56. The number of carboxylic acids is 1. The third kappa shape index (κ3) is 5.23. The standard InChI is InChI=1S/C19H26ClNO3/c1-12(2)14-5-7-15(8-6-14)18(22)21-17(19(23)24)11-13-3-9-16(20)10-4-13/h3-4,9-10,12,14-15,17H,5-8,11H2,1-2H3,(H,21,22)(H,23,24)/t14-,15-,17?. The maximum atomic E-state index is 12.4. The summed E-state index contributed by atoms with van der Waals surface area (Å²) in [6.07, 6.45) is 4.05. The van der Waals surface area contributed by atoms with Crippen LogP contribution in [0.1, 0.15) is 45.1 Å². The van der Waals surface area contributed by atoms with Gasteiger partial charge in [-0.2, -0.15) is 0 Å². The van der Waals surface area contributed by atoms with E-state index < -0.39 is 12.0 Å². The Morgan fingerprint density at radius 3 is 2.25 bits per heavy atom. The van der Waals surface area contributed by atoms with Crippen LogP contribution in [0, 0.1) is 17.8 Å². The highest BCUT2D eigenvalue weighted by molar-refractivity contribution is 6.30. The van der Waals surface area contributed by atoms with Crippen molar-refractivity contribution in [1.82, 2.24) is 5.32 Å². The molecule has 132 valence electrons. The molecule has 0 aromatic heterocycles. The molecule has 1 aromatic rings. The van der Waals surface area contributed by atoms with Crippen LogP contribution in [0.15, 0.2) is 24.3 Å². The minimum Gasteiger partial charge on any atom is -0.480 e. The first-order valence-corrected chi connectivity index (χ1v) is 9.02. The minimum atomic E-state index is -1.01. The van der Waals surface area contributed by atoms with E-state index in [2.05, 4.69) is 19.2 Å². The number of halogens is 1. The number of aliphatic carboxylic acids is 1. The Bertz CT molecular complexity index is 562. The summed E-state index contributed by atoms with van der Waals surface area (Å²) in [6, 6.07) is 6.13. The van der Waals surface area contributed by atoms with Gasteiger partial charge in [0, 0.05) is 17.4 Å². The summed E-state index contributed by atoms with van der Waals surface area (Å²) in [5, 5.41) is 12.7. The number of hydrogen-bond acceptors (Lipinski definition) is 2. The fraction of sp³-hybridized carbons (Fsp3) is 0.579. The smallest absolute Gasteiger partial charge is 0.326 e. The third-order valence-electron chi connectivity index (χ3n) is 5.05. The molecule has 1 aliphatic rings. The minimum absolute atomic E-state index is 0.0629. The molecule has 1 aromatic carbocycles. The number of benzene rings is 1. The summed E-state index contributed by atoms with van der Waals surface area (Å²) in [5.74, 6) is 0.129. The fourth-order valence-corrected chi connectivity index (χ4v) is 3.52. The number of amides is 1. The van der Waals surface area contributed by atoms with Crippen LogP contribution < -0.4 is 5.32 Å². The molecule has 1 atom stereocenters. The molecule has 1 fully saturated rings. The quantitative estimate of drug-likeness (QED) is 0.816. The van der Waals surface area contributed by atoms with Crippen molar-refractivity contribution in [3.05, 3.63) is 34.9 Å². The van der Waals surface area contributed by atoms with Crippen LogP contribution >= 0.6 is 11.6 Å². The van der Waals surface area contributed by atoms with E-state index in [-0.39, 0.29) is 18.2 Å². The zero-order valence-corrected chi connectivity index (χ0v) is 15.1. The molecule has 0 bridgehead atoms. The average molecular weight is 352 g/mol. The summed E-state index contributed by atoms with van der Waals surface area (Å²) in [4.78, 5) is 23.9. The molecule has 0 aliphatic heterocycles. The van der Waals surface area contributed by atoms with E-state index in [0.29, 0.717) is 16.9 Å². The van der Waals surface area contributed by atoms with Crippen LogP contribution in [-0.2, 0) is 16.0 Å². The largest absolute Gasteiger partial charge is 0.480 e. The van der Waals surface area contributed by atoms with Crippen LogP contribution in [0.5, 0.6) is 0 Å². The van der Waals surface area contributed by atoms with E-state index in [0.717, 1.165) is 31.2 Å². The van der Waals surface area contributed by atoms with Crippen molar-refractivity contribution >= 4 is 23.5 Å². The molecule has 2 rings (SSSR count). The van der Waals surface area contributed by atoms with Crippen LogP contribution in [0.3, 0.4) is 0 Å². The number of carboxylic acid groups (broad SMARTS) is 1. The highest BCUT2D eigenvalue weighted by Gasteiger charge is 2.30. The molecule has 24 heavy (non-hydrogen) atoms. The summed E-state index contributed by atoms with van der Waals surface area (Å²) >= 11 is 5.84. The van der Waals surface area contributed by atoms with Crippen molar-refractivity contribution < 1.29 is 14.7 Å². The SMILES string of the molecule is CC(C)[C@H]1CC[C@H](C(=O)NC(Cc2ccc(Cl)cc2)C(=O)O)CC1. The molecule has 0 heterocycles. The number of nitrogens with one attached hydrogen (secondary N) is 1. The Kier molecular flexibility index (Phi) is 6.67. The Balaban J connectivity index is 1.92. The predicted molar refractivity (Wildman–Crippen MR) is 95.0 cm³/mol. The summed E-state index contributed by atoms with van der Waals surface area (Å²) < 4.78 is 0. The second-order valence-corrected chi connectivity index (χ2v) is 7.52. The fourth-order valence-electron chi connectivity index (χ4n) is 3.39.